The summed E-state index contributed by atoms with van der Waals surface area (Å²) in [6.45, 7) is 1.21. The average Bonchev–Trinajstić information content (AvgIpc) is 3.56. The number of amides is 1. The third-order valence-corrected chi connectivity index (χ3v) is 6.58. The number of carbonyl (C=O) groups is 1. The Labute approximate surface area is 182 Å². The molecule has 0 aliphatic carbocycles. The Bertz CT molecular complexity index is 1380. The van der Waals surface area contributed by atoms with Gasteiger partial charge in [-0.3, -0.25) is 4.79 Å². The van der Waals surface area contributed by atoms with Crippen LogP contribution in [0.2, 0.25) is 0 Å². The maximum Gasteiger partial charge on any atom is 0.293 e. The van der Waals surface area contributed by atoms with E-state index in [1.54, 1.807) is 16.0 Å². The van der Waals surface area contributed by atoms with E-state index in [0.29, 0.717) is 18.9 Å². The third-order valence-electron chi connectivity index (χ3n) is 5.71. The molecule has 31 heavy (non-hydrogen) atoms. The van der Waals surface area contributed by atoms with Gasteiger partial charge < -0.3 is 9.88 Å². The molecule has 152 valence electrons. The van der Waals surface area contributed by atoms with Crippen LogP contribution < -0.4 is 0 Å². The largest absolute Gasteiger partial charge is 0.358 e. The van der Waals surface area contributed by atoms with Crippen molar-refractivity contribution >= 4 is 28.1 Å². The molecule has 0 unspecified atom stereocenters. The Hall–Kier alpha value is -3.71. The molecule has 0 spiro atoms. The van der Waals surface area contributed by atoms with Gasteiger partial charge >= 0.3 is 0 Å². The maximum atomic E-state index is 13.4. The summed E-state index contributed by atoms with van der Waals surface area (Å²) in [6, 6.07) is 22.1. The van der Waals surface area contributed by atoms with E-state index in [-0.39, 0.29) is 11.7 Å². The minimum Gasteiger partial charge on any atom is -0.358 e. The Kier molecular flexibility index (Phi) is 4.21. The predicted octanol–water partition coefficient (Wildman–Crippen LogP) is 4.68. The van der Waals surface area contributed by atoms with E-state index in [9.17, 15) is 4.79 Å². The molecular weight excluding hydrogens is 406 g/mol. The molecule has 0 radical (unpaired) electrons. The molecule has 1 N–H and O–H groups in total. The number of hydrogen-bond donors (Lipinski definition) is 1. The summed E-state index contributed by atoms with van der Waals surface area (Å²) in [4.78, 5) is 24.4. The van der Waals surface area contributed by atoms with Gasteiger partial charge in [0.25, 0.3) is 5.91 Å². The Morgan fingerprint density at radius 2 is 1.84 bits per heavy atom. The van der Waals surface area contributed by atoms with Crippen molar-refractivity contribution in [3.8, 4) is 16.4 Å². The number of H-pyrrole nitrogens is 1. The zero-order chi connectivity index (χ0) is 20.8. The van der Waals surface area contributed by atoms with Crippen LogP contribution in [-0.2, 0) is 13.0 Å². The number of nitrogens with one attached hydrogen (secondary N) is 1. The van der Waals surface area contributed by atoms with Gasteiger partial charge in [0, 0.05) is 41.7 Å². The second-order valence-electron chi connectivity index (χ2n) is 7.59. The number of benzene rings is 2. The number of hydrogen-bond acceptors (Lipinski definition) is 4. The van der Waals surface area contributed by atoms with Crippen molar-refractivity contribution in [1.82, 2.24) is 24.6 Å². The van der Waals surface area contributed by atoms with Crippen LogP contribution in [0.25, 0.3) is 27.3 Å². The lowest BCUT2D eigenvalue weighted by atomic mass is 10.0. The standard InChI is InChI=1S/C24H19N5OS/c30-24(28-13-12-20-18(15-28)17-9-4-5-10-19(17)25-20)22-26-23(21-11-6-14-31-21)29(27-22)16-7-2-1-3-8-16/h1-11,14,25H,12-13,15H2. The van der Waals surface area contributed by atoms with Crippen molar-refractivity contribution in [1.29, 1.82) is 0 Å². The molecule has 1 aliphatic rings. The van der Waals surface area contributed by atoms with Crippen LogP contribution in [0, 0.1) is 0 Å². The van der Waals surface area contributed by atoms with Crippen LogP contribution in [0.1, 0.15) is 21.9 Å². The van der Waals surface area contributed by atoms with Gasteiger partial charge in [-0.05, 0) is 29.6 Å². The van der Waals surface area contributed by atoms with Crippen LogP contribution in [-0.4, -0.2) is 37.1 Å². The highest BCUT2D eigenvalue weighted by Crippen LogP contribution is 2.29. The highest BCUT2D eigenvalue weighted by molar-refractivity contribution is 7.13. The molecule has 7 heteroatoms. The number of carbonyl (C=O) groups excluding carboxylic acids is 1. The van der Waals surface area contributed by atoms with Gasteiger partial charge in [-0.25, -0.2) is 9.67 Å². The molecule has 2 aromatic carbocycles. The minimum atomic E-state index is -0.136. The van der Waals surface area contributed by atoms with Crippen LogP contribution in [0.5, 0.6) is 0 Å². The van der Waals surface area contributed by atoms with E-state index in [1.165, 1.54) is 16.6 Å². The summed E-state index contributed by atoms with van der Waals surface area (Å²) < 4.78 is 1.76. The molecule has 0 saturated heterocycles. The van der Waals surface area contributed by atoms with Crippen LogP contribution in [0.3, 0.4) is 0 Å². The van der Waals surface area contributed by atoms with Crippen LogP contribution >= 0.6 is 11.3 Å². The second kappa shape index (κ2) is 7.21. The number of thiophene rings is 1. The van der Waals surface area contributed by atoms with Crippen LogP contribution in [0.15, 0.2) is 72.1 Å². The number of aromatic amines is 1. The van der Waals surface area contributed by atoms with Gasteiger partial charge in [-0.1, -0.05) is 42.5 Å². The van der Waals surface area contributed by atoms with Gasteiger partial charge in [-0.15, -0.1) is 16.4 Å². The fourth-order valence-corrected chi connectivity index (χ4v) is 4.90. The van der Waals surface area contributed by atoms with Crippen molar-refractivity contribution in [2.45, 2.75) is 13.0 Å². The number of nitrogens with zero attached hydrogens (tertiary/aromatic N) is 4. The fraction of sp³-hybridized carbons (Fsp3) is 0.125. The fourth-order valence-electron chi connectivity index (χ4n) is 4.20. The number of fused-ring (bicyclic) bond motifs is 3. The highest BCUT2D eigenvalue weighted by Gasteiger charge is 2.28. The number of rotatable bonds is 3. The summed E-state index contributed by atoms with van der Waals surface area (Å²) in [5.41, 5.74) is 4.41. The molecule has 6 rings (SSSR count). The molecule has 4 heterocycles. The first-order valence-corrected chi connectivity index (χ1v) is 11.1. The van der Waals surface area contributed by atoms with Crippen molar-refractivity contribution in [2.75, 3.05) is 6.54 Å². The Morgan fingerprint density at radius 3 is 2.68 bits per heavy atom. The van der Waals surface area contributed by atoms with E-state index in [4.69, 9.17) is 0 Å². The quantitative estimate of drug-likeness (QED) is 0.457. The van der Waals surface area contributed by atoms with Crippen molar-refractivity contribution in [3.63, 3.8) is 0 Å². The second-order valence-corrected chi connectivity index (χ2v) is 8.54. The van der Waals surface area contributed by atoms with Crippen molar-refractivity contribution in [3.05, 3.63) is 89.2 Å². The first kappa shape index (κ1) is 18.1. The SMILES string of the molecule is O=C(c1nc(-c2cccs2)n(-c2ccccc2)n1)N1CCc2[nH]c3ccccc3c2C1. The molecule has 1 amide bonds. The van der Waals surface area contributed by atoms with E-state index >= 15 is 0 Å². The summed E-state index contributed by atoms with van der Waals surface area (Å²) >= 11 is 1.59. The van der Waals surface area contributed by atoms with Gasteiger partial charge in [-0.2, -0.15) is 0 Å². The Balaban J connectivity index is 1.38. The molecule has 5 aromatic rings. The maximum absolute atomic E-state index is 13.4. The van der Waals surface area contributed by atoms with Gasteiger partial charge in [0.2, 0.25) is 5.82 Å². The predicted molar refractivity (Wildman–Crippen MR) is 121 cm³/mol. The summed E-state index contributed by atoms with van der Waals surface area (Å²) in [7, 11) is 0. The molecular formula is C24H19N5OS. The van der Waals surface area contributed by atoms with Gasteiger partial charge in [0.1, 0.15) is 0 Å². The van der Waals surface area contributed by atoms with E-state index in [0.717, 1.165) is 22.5 Å². The van der Waals surface area contributed by atoms with E-state index in [1.807, 2.05) is 64.9 Å². The van der Waals surface area contributed by atoms with E-state index < -0.39 is 0 Å². The summed E-state index contributed by atoms with van der Waals surface area (Å²) in [5, 5.41) is 7.81. The number of aromatic nitrogens is 4. The monoisotopic (exact) mass is 425 g/mol. The smallest absolute Gasteiger partial charge is 0.293 e. The Morgan fingerprint density at radius 1 is 1.00 bits per heavy atom. The normalized spacial score (nSPS) is 13.5. The topological polar surface area (TPSA) is 66.8 Å². The molecule has 6 nitrogen and oxygen atoms in total. The van der Waals surface area contributed by atoms with Gasteiger partial charge in [0.05, 0.1) is 10.6 Å². The van der Waals surface area contributed by atoms with Crippen molar-refractivity contribution in [2.24, 2.45) is 0 Å². The van der Waals surface area contributed by atoms with E-state index in [2.05, 4.69) is 27.2 Å². The first-order valence-electron chi connectivity index (χ1n) is 10.2. The third kappa shape index (κ3) is 3.05. The lowest BCUT2D eigenvalue weighted by Gasteiger charge is -2.26. The van der Waals surface area contributed by atoms with Crippen molar-refractivity contribution < 1.29 is 4.79 Å². The molecule has 0 atom stereocenters. The molecule has 1 aliphatic heterocycles. The molecule has 3 aromatic heterocycles. The number of para-hydroxylation sites is 2. The highest BCUT2D eigenvalue weighted by atomic mass is 32.1. The zero-order valence-electron chi connectivity index (χ0n) is 16.7. The average molecular weight is 426 g/mol. The lowest BCUT2D eigenvalue weighted by Crippen LogP contribution is -2.36. The summed E-state index contributed by atoms with van der Waals surface area (Å²) in [5.74, 6) is 0.785. The molecule has 0 fully saturated rings. The van der Waals surface area contributed by atoms with Crippen LogP contribution in [0.4, 0.5) is 0 Å². The summed E-state index contributed by atoms with van der Waals surface area (Å²) in [6.07, 6.45) is 0.799. The zero-order valence-corrected chi connectivity index (χ0v) is 17.5. The lowest BCUT2D eigenvalue weighted by molar-refractivity contribution is 0.0723. The molecule has 0 saturated carbocycles. The van der Waals surface area contributed by atoms with Gasteiger partial charge in [0.15, 0.2) is 5.82 Å². The first-order chi connectivity index (χ1) is 15.3. The molecule has 0 bridgehead atoms. The minimum absolute atomic E-state index is 0.136.